The van der Waals surface area contributed by atoms with Crippen molar-refractivity contribution in [1.82, 2.24) is 5.06 Å². The highest BCUT2D eigenvalue weighted by molar-refractivity contribution is 6.20. The van der Waals surface area contributed by atoms with Crippen molar-refractivity contribution in [2.75, 3.05) is 0 Å². The average Bonchev–Trinajstić information content (AvgIpc) is 2.62. The molecule has 0 aliphatic carbocycles. The Morgan fingerprint density at radius 3 is 2.05 bits per heavy atom. The molecule has 1 aliphatic heterocycles. The van der Waals surface area contributed by atoms with Gasteiger partial charge in [-0.3, -0.25) is 14.4 Å². The Kier molecular flexibility index (Phi) is 3.28. The number of hydrogen-bond acceptors (Lipinski definition) is 5. The Morgan fingerprint density at radius 1 is 1.05 bits per heavy atom. The van der Waals surface area contributed by atoms with Crippen molar-refractivity contribution in [2.24, 2.45) is 5.73 Å². The minimum Gasteiger partial charge on any atom is -0.370 e. The predicted molar refractivity (Wildman–Crippen MR) is 61.5 cm³/mol. The third kappa shape index (κ3) is 2.44. The summed E-state index contributed by atoms with van der Waals surface area (Å²) < 4.78 is 0. The van der Waals surface area contributed by atoms with E-state index in [9.17, 15) is 19.2 Å². The first-order chi connectivity index (χ1) is 9.00. The number of rotatable bonds is 4. The van der Waals surface area contributed by atoms with Crippen LogP contribution in [0, 0.1) is 0 Å². The van der Waals surface area contributed by atoms with Crippen molar-refractivity contribution in [3.63, 3.8) is 0 Å². The van der Waals surface area contributed by atoms with Gasteiger partial charge in [-0.1, -0.05) is 17.2 Å². The molecule has 0 spiro atoms. The van der Waals surface area contributed by atoms with Crippen molar-refractivity contribution in [3.8, 4) is 0 Å². The number of carbonyl (C=O) groups is 4. The molecule has 98 valence electrons. The molecule has 0 unspecified atom stereocenters. The fraction of sp³-hybridized carbons (Fsp3) is 0.167. The molecule has 0 bridgehead atoms. The summed E-state index contributed by atoms with van der Waals surface area (Å²) in [4.78, 5) is 50.2. The maximum atomic E-state index is 11.8. The summed E-state index contributed by atoms with van der Waals surface area (Å²) in [6.07, 6.45) is -0.495. The molecule has 7 heteroatoms. The summed E-state index contributed by atoms with van der Waals surface area (Å²) in [5, 5.41) is 0.397. The van der Waals surface area contributed by atoms with E-state index in [4.69, 9.17) is 5.73 Å². The lowest BCUT2D eigenvalue weighted by molar-refractivity contribution is -0.169. The minimum absolute atomic E-state index is 0.176. The molecular weight excluding hydrogens is 252 g/mol. The van der Waals surface area contributed by atoms with Gasteiger partial charge in [0, 0.05) is 6.42 Å². The van der Waals surface area contributed by atoms with E-state index in [1.54, 1.807) is 12.1 Å². The lowest BCUT2D eigenvalue weighted by Gasteiger charge is -2.12. The molecule has 19 heavy (non-hydrogen) atoms. The number of hydrogen-bond donors (Lipinski definition) is 1. The molecular formula is C12H10N2O5. The third-order valence-corrected chi connectivity index (χ3v) is 2.53. The largest absolute Gasteiger partial charge is 0.370 e. The lowest BCUT2D eigenvalue weighted by Crippen LogP contribution is -2.32. The van der Waals surface area contributed by atoms with Crippen LogP contribution in [-0.4, -0.2) is 28.8 Å². The van der Waals surface area contributed by atoms with Crippen molar-refractivity contribution in [3.05, 3.63) is 35.4 Å². The summed E-state index contributed by atoms with van der Waals surface area (Å²) in [6, 6.07) is 6.13. The highest BCUT2D eigenvalue weighted by Gasteiger charge is 2.38. The fourth-order valence-electron chi connectivity index (χ4n) is 1.62. The first-order valence-corrected chi connectivity index (χ1v) is 5.47. The molecule has 3 amide bonds. The normalized spacial score (nSPS) is 13.4. The van der Waals surface area contributed by atoms with Gasteiger partial charge in [-0.05, 0) is 12.1 Å². The van der Waals surface area contributed by atoms with E-state index >= 15 is 0 Å². The standard InChI is InChI=1S/C12H10N2O5/c13-9(15)5-6-10(16)19-14-11(17)7-3-1-2-4-8(7)12(14)18/h1-4H,5-6H2,(H2,13,15). The molecule has 0 aromatic heterocycles. The van der Waals surface area contributed by atoms with Crippen LogP contribution in [0.25, 0.3) is 0 Å². The Bertz CT molecular complexity index is 546. The van der Waals surface area contributed by atoms with Crippen molar-refractivity contribution in [2.45, 2.75) is 12.8 Å². The SMILES string of the molecule is NC(=O)CCC(=O)ON1C(=O)c2ccccc2C1=O. The molecule has 2 N–H and O–H groups in total. The molecule has 1 aromatic carbocycles. The minimum atomic E-state index is -0.867. The van der Waals surface area contributed by atoms with Crippen molar-refractivity contribution in [1.29, 1.82) is 0 Å². The second kappa shape index (κ2) is 4.89. The number of imide groups is 1. The van der Waals surface area contributed by atoms with Crippen LogP contribution in [0.3, 0.4) is 0 Å². The Morgan fingerprint density at radius 2 is 1.58 bits per heavy atom. The molecule has 2 rings (SSSR count). The van der Waals surface area contributed by atoms with Crippen molar-refractivity contribution < 1.29 is 24.0 Å². The van der Waals surface area contributed by atoms with E-state index in [0.717, 1.165) is 0 Å². The average molecular weight is 262 g/mol. The van der Waals surface area contributed by atoms with Gasteiger partial charge in [0.1, 0.15) is 0 Å². The molecule has 0 fully saturated rings. The number of fused-ring (bicyclic) bond motifs is 1. The summed E-state index contributed by atoms with van der Waals surface area (Å²) >= 11 is 0. The Balaban J connectivity index is 2.08. The van der Waals surface area contributed by atoms with Gasteiger partial charge in [0.05, 0.1) is 17.5 Å². The number of hydroxylamine groups is 2. The highest BCUT2D eigenvalue weighted by atomic mass is 16.7. The Hall–Kier alpha value is -2.70. The van der Waals surface area contributed by atoms with E-state index in [-0.39, 0.29) is 24.0 Å². The lowest BCUT2D eigenvalue weighted by atomic mass is 10.1. The van der Waals surface area contributed by atoms with E-state index in [0.29, 0.717) is 5.06 Å². The highest BCUT2D eigenvalue weighted by Crippen LogP contribution is 2.22. The number of primary amides is 1. The van der Waals surface area contributed by atoms with Crippen molar-refractivity contribution >= 4 is 23.7 Å². The van der Waals surface area contributed by atoms with Gasteiger partial charge in [0.25, 0.3) is 11.8 Å². The molecule has 0 atom stereocenters. The summed E-state index contributed by atoms with van der Waals surface area (Å²) in [7, 11) is 0. The van der Waals surface area contributed by atoms with Gasteiger partial charge >= 0.3 is 5.97 Å². The first-order valence-electron chi connectivity index (χ1n) is 5.47. The van der Waals surface area contributed by atoms with Gasteiger partial charge < -0.3 is 10.6 Å². The zero-order chi connectivity index (χ0) is 14.0. The smallest absolute Gasteiger partial charge is 0.333 e. The van der Waals surface area contributed by atoms with E-state index in [2.05, 4.69) is 4.84 Å². The number of carbonyl (C=O) groups excluding carboxylic acids is 4. The van der Waals surface area contributed by atoms with Gasteiger partial charge in [0.2, 0.25) is 5.91 Å². The van der Waals surface area contributed by atoms with Crippen LogP contribution in [0.2, 0.25) is 0 Å². The summed E-state index contributed by atoms with van der Waals surface area (Å²) in [6.45, 7) is 0. The van der Waals surface area contributed by atoms with Crippen LogP contribution in [0.4, 0.5) is 0 Å². The van der Waals surface area contributed by atoms with Gasteiger partial charge in [-0.2, -0.15) is 0 Å². The van der Waals surface area contributed by atoms with E-state index < -0.39 is 23.7 Å². The number of benzene rings is 1. The Labute approximate surface area is 107 Å². The number of amides is 3. The van der Waals surface area contributed by atoms with Crippen LogP contribution in [0.1, 0.15) is 33.6 Å². The second-order valence-corrected chi connectivity index (χ2v) is 3.88. The van der Waals surface area contributed by atoms with Crippen LogP contribution < -0.4 is 5.73 Å². The molecule has 1 aromatic rings. The summed E-state index contributed by atoms with van der Waals surface area (Å²) in [5.41, 5.74) is 5.23. The van der Waals surface area contributed by atoms with Gasteiger partial charge in [0.15, 0.2) is 0 Å². The number of nitrogens with two attached hydrogens (primary N) is 1. The topological polar surface area (TPSA) is 107 Å². The van der Waals surface area contributed by atoms with E-state index in [1.165, 1.54) is 12.1 Å². The monoisotopic (exact) mass is 262 g/mol. The maximum Gasteiger partial charge on any atom is 0.333 e. The van der Waals surface area contributed by atoms with Crippen LogP contribution >= 0.6 is 0 Å². The van der Waals surface area contributed by atoms with E-state index in [1.807, 2.05) is 0 Å². The zero-order valence-corrected chi connectivity index (χ0v) is 9.79. The number of nitrogens with zero attached hydrogens (tertiary/aromatic N) is 1. The van der Waals surface area contributed by atoms with Gasteiger partial charge in [-0.25, -0.2) is 4.79 Å². The molecule has 0 saturated carbocycles. The van der Waals surface area contributed by atoms with Crippen LogP contribution in [0.5, 0.6) is 0 Å². The molecule has 1 heterocycles. The third-order valence-electron chi connectivity index (χ3n) is 2.53. The van der Waals surface area contributed by atoms with Crippen LogP contribution in [-0.2, 0) is 14.4 Å². The predicted octanol–water partition coefficient (Wildman–Crippen LogP) is 0.00630. The molecule has 7 nitrogen and oxygen atoms in total. The molecule has 0 radical (unpaired) electrons. The zero-order valence-electron chi connectivity index (χ0n) is 9.79. The quantitative estimate of drug-likeness (QED) is 0.769. The molecule has 0 saturated heterocycles. The first kappa shape index (κ1) is 12.7. The van der Waals surface area contributed by atoms with Crippen LogP contribution in [0.15, 0.2) is 24.3 Å². The molecule has 1 aliphatic rings. The summed E-state index contributed by atoms with van der Waals surface area (Å²) in [5.74, 6) is -2.94. The second-order valence-electron chi connectivity index (χ2n) is 3.88. The fourth-order valence-corrected chi connectivity index (χ4v) is 1.62. The van der Waals surface area contributed by atoms with Gasteiger partial charge in [-0.15, -0.1) is 0 Å². The maximum absolute atomic E-state index is 11.8.